The van der Waals surface area contributed by atoms with Gasteiger partial charge >= 0.3 is 0 Å². The van der Waals surface area contributed by atoms with Crippen LogP contribution in [-0.4, -0.2) is 29.6 Å². The van der Waals surface area contributed by atoms with Crippen molar-refractivity contribution in [3.05, 3.63) is 18.1 Å². The summed E-state index contributed by atoms with van der Waals surface area (Å²) in [5, 5.41) is 0. The number of aromatic nitrogens is 2. The number of nitrogens with two attached hydrogens (primary N) is 1. The zero-order valence-electron chi connectivity index (χ0n) is 12.1. The molecule has 1 aromatic heterocycles. The molecule has 0 aliphatic heterocycles. The molecule has 102 valence electrons. The van der Waals surface area contributed by atoms with E-state index in [0.29, 0.717) is 5.92 Å². The molecule has 4 nitrogen and oxygen atoms in total. The van der Waals surface area contributed by atoms with Crippen molar-refractivity contribution in [1.82, 2.24) is 9.97 Å². The van der Waals surface area contributed by atoms with E-state index in [4.69, 9.17) is 5.73 Å². The quantitative estimate of drug-likeness (QED) is 0.806. The first-order chi connectivity index (χ1) is 8.54. The normalized spacial score (nSPS) is 12.8. The molecule has 1 heterocycles. The summed E-state index contributed by atoms with van der Waals surface area (Å²) in [5.41, 5.74) is 7.17. The molecular weight excluding hydrogens is 224 g/mol. The Hall–Kier alpha value is -1.16. The number of rotatable bonds is 7. The Morgan fingerprint density at radius 2 is 2.06 bits per heavy atom. The summed E-state index contributed by atoms with van der Waals surface area (Å²) < 4.78 is 0. The number of nitrogens with zero attached hydrogens (tertiary/aromatic N) is 3. The lowest BCUT2D eigenvalue weighted by atomic mass is 10.0. The third-order valence-electron chi connectivity index (χ3n) is 3.26. The molecule has 4 heteroatoms. The van der Waals surface area contributed by atoms with Gasteiger partial charge in [0.2, 0.25) is 0 Å². The van der Waals surface area contributed by atoms with Crippen molar-refractivity contribution in [3.63, 3.8) is 0 Å². The Morgan fingerprint density at radius 1 is 1.33 bits per heavy atom. The summed E-state index contributed by atoms with van der Waals surface area (Å²) in [7, 11) is 2.06. The van der Waals surface area contributed by atoms with Crippen molar-refractivity contribution < 1.29 is 0 Å². The average Bonchev–Trinajstić information content (AvgIpc) is 2.36. The van der Waals surface area contributed by atoms with Crippen molar-refractivity contribution >= 4 is 5.82 Å². The maximum absolute atomic E-state index is 6.06. The van der Waals surface area contributed by atoms with E-state index in [1.54, 1.807) is 6.33 Å². The van der Waals surface area contributed by atoms with Gasteiger partial charge in [-0.25, -0.2) is 9.97 Å². The molecule has 0 spiro atoms. The Morgan fingerprint density at radius 3 is 2.67 bits per heavy atom. The molecule has 0 aliphatic carbocycles. The SMILES string of the molecule is CCCc1cc(N(C)CCC(N)C(C)C)ncn1. The Labute approximate surface area is 111 Å². The summed E-state index contributed by atoms with van der Waals surface area (Å²) in [6, 6.07) is 2.33. The van der Waals surface area contributed by atoms with Crippen LogP contribution in [0.5, 0.6) is 0 Å². The molecular formula is C14H26N4. The Balaban J connectivity index is 2.55. The van der Waals surface area contributed by atoms with Crippen molar-refractivity contribution in [2.45, 2.75) is 46.1 Å². The Kier molecular flexibility index (Phi) is 6.05. The van der Waals surface area contributed by atoms with E-state index in [1.165, 1.54) is 0 Å². The van der Waals surface area contributed by atoms with Crippen LogP contribution >= 0.6 is 0 Å². The molecule has 0 aliphatic rings. The highest BCUT2D eigenvalue weighted by Gasteiger charge is 2.10. The van der Waals surface area contributed by atoms with E-state index in [9.17, 15) is 0 Å². The first kappa shape index (κ1) is 14.9. The van der Waals surface area contributed by atoms with E-state index >= 15 is 0 Å². The van der Waals surface area contributed by atoms with Crippen LogP contribution in [0.2, 0.25) is 0 Å². The molecule has 1 rings (SSSR count). The molecule has 0 aromatic carbocycles. The van der Waals surface area contributed by atoms with E-state index in [-0.39, 0.29) is 6.04 Å². The minimum absolute atomic E-state index is 0.254. The average molecular weight is 250 g/mol. The lowest BCUT2D eigenvalue weighted by Crippen LogP contribution is -2.32. The third kappa shape index (κ3) is 4.61. The van der Waals surface area contributed by atoms with Crippen LogP contribution in [0.25, 0.3) is 0 Å². The van der Waals surface area contributed by atoms with Gasteiger partial charge < -0.3 is 10.6 Å². The van der Waals surface area contributed by atoms with Crippen molar-refractivity contribution in [3.8, 4) is 0 Å². The first-order valence-corrected chi connectivity index (χ1v) is 6.82. The molecule has 18 heavy (non-hydrogen) atoms. The van der Waals surface area contributed by atoms with Crippen molar-refractivity contribution in [2.24, 2.45) is 11.7 Å². The first-order valence-electron chi connectivity index (χ1n) is 6.82. The van der Waals surface area contributed by atoms with Crippen LogP contribution < -0.4 is 10.6 Å². The Bertz CT molecular complexity index is 351. The van der Waals surface area contributed by atoms with E-state index < -0.39 is 0 Å². The molecule has 0 radical (unpaired) electrons. The zero-order valence-corrected chi connectivity index (χ0v) is 12.1. The summed E-state index contributed by atoms with van der Waals surface area (Å²) in [6.07, 6.45) is 4.76. The van der Waals surface area contributed by atoms with E-state index in [1.807, 2.05) is 0 Å². The minimum Gasteiger partial charge on any atom is -0.360 e. The molecule has 0 saturated heterocycles. The minimum atomic E-state index is 0.254. The van der Waals surface area contributed by atoms with Crippen LogP contribution in [0, 0.1) is 5.92 Å². The standard InChI is InChI=1S/C14H26N4/c1-5-6-12-9-14(17-10-16-12)18(4)8-7-13(15)11(2)3/h9-11,13H,5-8,15H2,1-4H3. The molecule has 1 atom stereocenters. The summed E-state index contributed by atoms with van der Waals surface area (Å²) >= 11 is 0. The van der Waals surface area contributed by atoms with Crippen molar-refractivity contribution in [1.29, 1.82) is 0 Å². The van der Waals surface area contributed by atoms with Crippen LogP contribution in [0.15, 0.2) is 12.4 Å². The van der Waals surface area contributed by atoms with E-state index in [2.05, 4.69) is 48.8 Å². The second-order valence-electron chi connectivity index (χ2n) is 5.24. The second-order valence-corrected chi connectivity index (χ2v) is 5.24. The highest BCUT2D eigenvalue weighted by atomic mass is 15.2. The lowest BCUT2D eigenvalue weighted by Gasteiger charge is -2.22. The molecule has 1 unspecified atom stereocenters. The fourth-order valence-corrected chi connectivity index (χ4v) is 1.78. The summed E-state index contributed by atoms with van der Waals surface area (Å²) in [4.78, 5) is 10.7. The largest absolute Gasteiger partial charge is 0.360 e. The van der Waals surface area contributed by atoms with Gasteiger partial charge in [0.25, 0.3) is 0 Å². The fourth-order valence-electron chi connectivity index (χ4n) is 1.78. The molecule has 0 fully saturated rings. The molecule has 2 N–H and O–H groups in total. The predicted molar refractivity (Wildman–Crippen MR) is 76.7 cm³/mol. The van der Waals surface area contributed by atoms with Gasteiger partial charge in [0.1, 0.15) is 12.1 Å². The van der Waals surface area contributed by atoms with Gasteiger partial charge in [-0.3, -0.25) is 0 Å². The van der Waals surface area contributed by atoms with Crippen LogP contribution in [-0.2, 0) is 6.42 Å². The summed E-state index contributed by atoms with van der Waals surface area (Å²) in [5.74, 6) is 1.52. The van der Waals surface area contributed by atoms with Crippen LogP contribution in [0.3, 0.4) is 0 Å². The van der Waals surface area contributed by atoms with Crippen LogP contribution in [0.1, 0.15) is 39.3 Å². The zero-order chi connectivity index (χ0) is 13.5. The molecule has 0 amide bonds. The highest BCUT2D eigenvalue weighted by Crippen LogP contribution is 2.12. The number of hydrogen-bond donors (Lipinski definition) is 1. The van der Waals surface area contributed by atoms with Gasteiger partial charge in [0, 0.05) is 31.4 Å². The fraction of sp³-hybridized carbons (Fsp3) is 0.714. The molecule has 1 aromatic rings. The van der Waals surface area contributed by atoms with Crippen LogP contribution in [0.4, 0.5) is 5.82 Å². The number of aryl methyl sites for hydroxylation is 1. The number of anilines is 1. The topological polar surface area (TPSA) is 55.0 Å². The maximum atomic E-state index is 6.06. The molecule has 0 bridgehead atoms. The summed E-state index contributed by atoms with van der Waals surface area (Å²) in [6.45, 7) is 7.42. The van der Waals surface area contributed by atoms with E-state index in [0.717, 1.165) is 37.3 Å². The van der Waals surface area contributed by atoms with Gasteiger partial charge in [-0.15, -0.1) is 0 Å². The van der Waals surface area contributed by atoms with Gasteiger partial charge in [0.15, 0.2) is 0 Å². The molecule has 0 saturated carbocycles. The predicted octanol–water partition coefficient (Wildman–Crippen LogP) is 2.24. The van der Waals surface area contributed by atoms with Crippen molar-refractivity contribution in [2.75, 3.05) is 18.5 Å². The number of hydrogen-bond acceptors (Lipinski definition) is 4. The maximum Gasteiger partial charge on any atom is 0.131 e. The van der Waals surface area contributed by atoms with Gasteiger partial charge in [-0.05, 0) is 18.8 Å². The lowest BCUT2D eigenvalue weighted by molar-refractivity contribution is 0.465. The smallest absolute Gasteiger partial charge is 0.131 e. The van der Waals surface area contributed by atoms with Gasteiger partial charge in [0.05, 0.1) is 0 Å². The van der Waals surface area contributed by atoms with Gasteiger partial charge in [-0.2, -0.15) is 0 Å². The highest BCUT2D eigenvalue weighted by molar-refractivity contribution is 5.37. The third-order valence-corrected chi connectivity index (χ3v) is 3.26. The van der Waals surface area contributed by atoms with Gasteiger partial charge in [-0.1, -0.05) is 27.2 Å². The second kappa shape index (κ2) is 7.31. The monoisotopic (exact) mass is 250 g/mol.